The number of hydrogen-bond donors (Lipinski definition) is 3. The zero-order valence-corrected chi connectivity index (χ0v) is 30.0. The zero-order valence-electron chi connectivity index (χ0n) is 30.0. The third-order valence-electron chi connectivity index (χ3n) is 11.5. The van der Waals surface area contributed by atoms with E-state index in [1.54, 1.807) is 13.8 Å². The Labute approximate surface area is 313 Å². The van der Waals surface area contributed by atoms with Crippen LogP contribution < -0.4 is 0 Å². The Hall–Kier alpha value is -6.84. The highest BCUT2D eigenvalue weighted by atomic mass is 16.3. The van der Waals surface area contributed by atoms with Crippen LogP contribution in [0.4, 0.5) is 0 Å². The van der Waals surface area contributed by atoms with Gasteiger partial charge in [-0.25, -0.2) is 0 Å². The number of phenols is 3. The van der Waals surface area contributed by atoms with Crippen molar-refractivity contribution in [3.63, 3.8) is 0 Å². The number of rotatable bonds is 4. The fraction of sp³-hybridized carbons (Fsp3) is 0.0588. The molecule has 0 atom stereocenters. The highest BCUT2D eigenvalue weighted by molar-refractivity contribution is 6.22. The average Bonchev–Trinajstić information content (AvgIpc) is 3.60. The molecular weight excluding hydrogens is 661 g/mol. The SMILES string of the molecule is Cc1c(O)c(C)c(-c2c3ccccc3c(-c3cccc(-c4ccc5c(c4-c4ccc6ccccc6c4)-c4ccccc4C5)c3)c3ccccc23)c(O)c1O. The number of phenolic OH excluding ortho intramolecular Hbond substituents is 3. The van der Waals surface area contributed by atoms with Gasteiger partial charge in [0, 0.05) is 22.3 Å². The Morgan fingerprint density at radius 1 is 0.352 bits per heavy atom. The second-order valence-corrected chi connectivity index (χ2v) is 14.5. The van der Waals surface area contributed by atoms with Crippen LogP contribution in [-0.2, 0) is 6.42 Å². The second kappa shape index (κ2) is 12.1. The van der Waals surface area contributed by atoms with E-state index in [4.69, 9.17) is 0 Å². The van der Waals surface area contributed by atoms with Crippen molar-refractivity contribution in [2.75, 3.05) is 0 Å². The van der Waals surface area contributed by atoms with Gasteiger partial charge in [-0.15, -0.1) is 0 Å². The van der Waals surface area contributed by atoms with Crippen LogP contribution in [0.5, 0.6) is 17.2 Å². The van der Waals surface area contributed by atoms with Crippen molar-refractivity contribution in [3.8, 4) is 72.9 Å². The van der Waals surface area contributed by atoms with Gasteiger partial charge < -0.3 is 15.3 Å². The molecule has 0 aromatic heterocycles. The molecule has 0 saturated heterocycles. The molecule has 3 heteroatoms. The predicted octanol–water partition coefficient (Wildman–Crippen LogP) is 13.1. The normalized spacial score (nSPS) is 12.0. The number of benzene rings is 9. The summed E-state index contributed by atoms with van der Waals surface area (Å²) in [6.45, 7) is 3.40. The standard InChI is InChI=1S/C51H36O3/c1-29-44(51(54)50(53)30(2)49(29)52)48-42-20-9-7-18-40(42)45(41-19-8-10-21-43(41)48)35-16-11-15-34(27-35)39-25-24-37-28-33-14-5-6-17-38(33)46(37)47(39)36-23-22-31-12-3-4-13-32(31)26-36/h3-27,52-54H,28H2,1-2H3. The van der Waals surface area contributed by atoms with Crippen molar-refractivity contribution in [1.29, 1.82) is 0 Å². The molecule has 1 aliphatic rings. The van der Waals surface area contributed by atoms with Crippen LogP contribution >= 0.6 is 0 Å². The molecule has 0 aliphatic heterocycles. The van der Waals surface area contributed by atoms with Gasteiger partial charge >= 0.3 is 0 Å². The average molecular weight is 697 g/mol. The van der Waals surface area contributed by atoms with E-state index in [-0.39, 0.29) is 22.8 Å². The summed E-state index contributed by atoms with van der Waals surface area (Å²) in [5, 5.41) is 39.8. The van der Waals surface area contributed by atoms with E-state index in [2.05, 4.69) is 127 Å². The molecule has 0 heterocycles. The van der Waals surface area contributed by atoms with Gasteiger partial charge in [-0.1, -0.05) is 140 Å². The molecular formula is C51H36O3. The quantitative estimate of drug-likeness (QED) is 0.0975. The van der Waals surface area contributed by atoms with E-state index in [1.165, 1.54) is 49.7 Å². The predicted molar refractivity (Wildman–Crippen MR) is 223 cm³/mol. The van der Waals surface area contributed by atoms with Gasteiger partial charge in [0.05, 0.1) is 0 Å². The smallest absolute Gasteiger partial charge is 0.166 e. The molecule has 0 spiro atoms. The van der Waals surface area contributed by atoms with Crippen LogP contribution in [0.25, 0.3) is 88.0 Å². The monoisotopic (exact) mass is 696 g/mol. The first kappa shape index (κ1) is 31.9. The molecule has 0 amide bonds. The van der Waals surface area contributed by atoms with Crippen molar-refractivity contribution >= 4 is 32.3 Å². The van der Waals surface area contributed by atoms with Crippen molar-refractivity contribution in [2.45, 2.75) is 20.3 Å². The van der Waals surface area contributed by atoms with Gasteiger partial charge in [0.1, 0.15) is 5.75 Å². The van der Waals surface area contributed by atoms with Gasteiger partial charge in [0.25, 0.3) is 0 Å². The molecule has 0 unspecified atom stereocenters. The lowest BCUT2D eigenvalue weighted by molar-refractivity contribution is 0.392. The van der Waals surface area contributed by atoms with Gasteiger partial charge in [-0.3, -0.25) is 0 Å². The lowest BCUT2D eigenvalue weighted by Crippen LogP contribution is -1.95. The molecule has 0 fully saturated rings. The Kier molecular flexibility index (Phi) is 7.15. The number of hydrogen-bond acceptors (Lipinski definition) is 3. The highest BCUT2D eigenvalue weighted by Gasteiger charge is 2.27. The Bertz CT molecular complexity index is 2940. The molecule has 3 nitrogen and oxygen atoms in total. The summed E-state index contributed by atoms with van der Waals surface area (Å²) in [7, 11) is 0. The molecule has 10 rings (SSSR count). The Morgan fingerprint density at radius 2 is 0.963 bits per heavy atom. The lowest BCUT2D eigenvalue weighted by Gasteiger charge is -2.21. The maximum Gasteiger partial charge on any atom is 0.166 e. The second-order valence-electron chi connectivity index (χ2n) is 14.5. The van der Waals surface area contributed by atoms with Gasteiger partial charge in [-0.2, -0.15) is 0 Å². The van der Waals surface area contributed by atoms with Crippen molar-refractivity contribution < 1.29 is 15.3 Å². The summed E-state index contributed by atoms with van der Waals surface area (Å²) in [6.07, 6.45) is 0.919. The molecule has 258 valence electrons. The number of aromatic hydroxyl groups is 3. The molecule has 1 aliphatic carbocycles. The zero-order chi connectivity index (χ0) is 36.7. The van der Waals surface area contributed by atoms with E-state index in [9.17, 15) is 15.3 Å². The topological polar surface area (TPSA) is 60.7 Å². The number of fused-ring (bicyclic) bond motifs is 6. The molecule has 3 N–H and O–H groups in total. The molecule has 9 aromatic carbocycles. The molecule has 0 radical (unpaired) electrons. The fourth-order valence-electron chi connectivity index (χ4n) is 8.95. The molecule has 0 saturated carbocycles. The van der Waals surface area contributed by atoms with E-state index in [1.807, 2.05) is 24.3 Å². The summed E-state index contributed by atoms with van der Waals surface area (Å²) in [5.74, 6) is -0.561. The maximum atomic E-state index is 11.5. The summed E-state index contributed by atoms with van der Waals surface area (Å²) < 4.78 is 0. The summed E-state index contributed by atoms with van der Waals surface area (Å²) in [6, 6.07) is 54.1. The van der Waals surface area contributed by atoms with E-state index in [0.29, 0.717) is 11.1 Å². The summed E-state index contributed by atoms with van der Waals surface area (Å²) in [4.78, 5) is 0. The van der Waals surface area contributed by atoms with Crippen LogP contribution in [-0.4, -0.2) is 15.3 Å². The van der Waals surface area contributed by atoms with E-state index >= 15 is 0 Å². The Balaban J connectivity index is 1.25. The Morgan fingerprint density at radius 3 is 1.70 bits per heavy atom. The third-order valence-corrected chi connectivity index (χ3v) is 11.5. The lowest BCUT2D eigenvalue weighted by atomic mass is 9.82. The van der Waals surface area contributed by atoms with Crippen LogP contribution in [0.15, 0.2) is 152 Å². The van der Waals surface area contributed by atoms with Gasteiger partial charge in [0.15, 0.2) is 11.5 Å². The van der Waals surface area contributed by atoms with Crippen LogP contribution in [0.2, 0.25) is 0 Å². The van der Waals surface area contributed by atoms with Crippen LogP contribution in [0.1, 0.15) is 22.3 Å². The minimum Gasteiger partial charge on any atom is -0.507 e. The first-order valence-corrected chi connectivity index (χ1v) is 18.4. The van der Waals surface area contributed by atoms with Crippen molar-refractivity contribution in [2.24, 2.45) is 0 Å². The minimum absolute atomic E-state index is 0.0237. The molecule has 9 aromatic rings. The van der Waals surface area contributed by atoms with Crippen LogP contribution in [0, 0.1) is 13.8 Å². The van der Waals surface area contributed by atoms with E-state index in [0.717, 1.165) is 50.2 Å². The van der Waals surface area contributed by atoms with Gasteiger partial charge in [-0.05, 0) is 120 Å². The van der Waals surface area contributed by atoms with Crippen LogP contribution in [0.3, 0.4) is 0 Å². The summed E-state index contributed by atoms with van der Waals surface area (Å²) >= 11 is 0. The van der Waals surface area contributed by atoms with Gasteiger partial charge in [0.2, 0.25) is 0 Å². The minimum atomic E-state index is -0.308. The summed E-state index contributed by atoms with van der Waals surface area (Å²) in [5.41, 5.74) is 14.2. The fourth-order valence-corrected chi connectivity index (χ4v) is 8.95. The first-order chi connectivity index (χ1) is 26.4. The van der Waals surface area contributed by atoms with Crippen molar-refractivity contribution in [3.05, 3.63) is 174 Å². The maximum absolute atomic E-state index is 11.5. The van der Waals surface area contributed by atoms with Crippen molar-refractivity contribution in [1.82, 2.24) is 0 Å². The molecule has 54 heavy (non-hydrogen) atoms. The molecule has 0 bridgehead atoms. The largest absolute Gasteiger partial charge is 0.507 e. The highest BCUT2D eigenvalue weighted by Crippen LogP contribution is 2.53. The van der Waals surface area contributed by atoms with E-state index < -0.39 is 0 Å². The third kappa shape index (κ3) is 4.68. The first-order valence-electron chi connectivity index (χ1n) is 18.4.